The van der Waals surface area contributed by atoms with Crippen molar-refractivity contribution in [3.05, 3.63) is 81.3 Å². The number of rotatable bonds is 5. The predicted molar refractivity (Wildman–Crippen MR) is 115 cm³/mol. The van der Waals surface area contributed by atoms with Crippen LogP contribution >= 0.6 is 22.7 Å². The summed E-state index contributed by atoms with van der Waals surface area (Å²) in [5.74, 6) is -0.823. The Balaban J connectivity index is 1.85. The van der Waals surface area contributed by atoms with Crippen molar-refractivity contribution in [2.75, 3.05) is 7.11 Å². The minimum absolute atomic E-state index is 0.00385. The number of aromatic hydroxyl groups is 1. The fourth-order valence-electron chi connectivity index (χ4n) is 2.64. The van der Waals surface area contributed by atoms with Crippen molar-refractivity contribution in [3.8, 4) is 22.1 Å². The van der Waals surface area contributed by atoms with E-state index in [1.807, 2.05) is 22.9 Å². The molecule has 4 rings (SSSR count). The first kappa shape index (κ1) is 20.0. The van der Waals surface area contributed by atoms with Gasteiger partial charge in [-0.1, -0.05) is 6.07 Å². The van der Waals surface area contributed by atoms with E-state index in [1.165, 1.54) is 48.1 Å². The van der Waals surface area contributed by atoms with Crippen molar-refractivity contribution in [3.63, 3.8) is 0 Å². The first-order chi connectivity index (χ1) is 14.5. The Kier molecular flexibility index (Phi) is 5.73. The second-order valence-corrected chi connectivity index (χ2v) is 7.85. The van der Waals surface area contributed by atoms with E-state index < -0.39 is 11.6 Å². The number of ether oxygens (including phenoxy) is 1. The molecule has 0 unspecified atom stereocenters. The highest BCUT2D eigenvalue weighted by Crippen LogP contribution is 2.26. The summed E-state index contributed by atoms with van der Waals surface area (Å²) in [5, 5.41) is 18.4. The van der Waals surface area contributed by atoms with Crippen LogP contribution in [0.1, 0.15) is 5.56 Å². The van der Waals surface area contributed by atoms with E-state index in [0.29, 0.717) is 16.1 Å². The maximum atomic E-state index is 14.1. The van der Waals surface area contributed by atoms with Crippen LogP contribution in [0.2, 0.25) is 0 Å². The fourth-order valence-corrected chi connectivity index (χ4v) is 4.28. The molecule has 0 spiro atoms. The van der Waals surface area contributed by atoms with E-state index in [0.717, 1.165) is 22.7 Å². The second-order valence-electron chi connectivity index (χ2n) is 6.07. The molecule has 5 nitrogen and oxygen atoms in total. The molecule has 0 bridgehead atoms. The third-order valence-corrected chi connectivity index (χ3v) is 5.84. The van der Waals surface area contributed by atoms with Gasteiger partial charge in [0.15, 0.2) is 5.82 Å². The molecule has 0 saturated heterocycles. The van der Waals surface area contributed by atoms with Gasteiger partial charge in [-0.3, -0.25) is 0 Å². The van der Waals surface area contributed by atoms with Crippen LogP contribution in [0, 0.1) is 11.6 Å². The van der Waals surface area contributed by atoms with Gasteiger partial charge in [-0.05, 0) is 41.8 Å². The van der Waals surface area contributed by atoms with E-state index in [9.17, 15) is 13.9 Å². The van der Waals surface area contributed by atoms with Crippen LogP contribution in [0.4, 0.5) is 14.5 Å². The highest BCUT2D eigenvalue weighted by Gasteiger charge is 2.10. The molecule has 2 aromatic carbocycles. The molecule has 30 heavy (non-hydrogen) atoms. The minimum atomic E-state index is -0.762. The van der Waals surface area contributed by atoms with Gasteiger partial charge in [0, 0.05) is 17.0 Å². The summed E-state index contributed by atoms with van der Waals surface area (Å²) in [6.45, 7) is 0. The lowest BCUT2D eigenvalue weighted by Crippen LogP contribution is -2.11. The molecule has 0 aliphatic heterocycles. The van der Waals surface area contributed by atoms with Crippen LogP contribution in [0.15, 0.2) is 69.4 Å². The van der Waals surface area contributed by atoms with Crippen molar-refractivity contribution in [1.82, 2.24) is 4.68 Å². The lowest BCUT2D eigenvalue weighted by molar-refractivity contribution is 0.412. The number of thiophene rings is 1. The van der Waals surface area contributed by atoms with Gasteiger partial charge in [0.05, 0.1) is 23.9 Å². The third kappa shape index (κ3) is 4.17. The van der Waals surface area contributed by atoms with E-state index in [1.54, 1.807) is 16.8 Å². The molecular weight excluding hydrogens is 428 g/mol. The SMILES string of the molecule is COc1ccc(O)c(C=Nn2c(-c3cccs3)csc2=Nc2ccc(F)cc2F)c1. The summed E-state index contributed by atoms with van der Waals surface area (Å²) < 4.78 is 34.1. The van der Waals surface area contributed by atoms with Gasteiger partial charge in [-0.15, -0.1) is 22.7 Å². The smallest absolute Gasteiger partial charge is 0.211 e. The molecular formula is C21H15F2N3O2S2. The van der Waals surface area contributed by atoms with Gasteiger partial charge in [-0.25, -0.2) is 18.4 Å². The monoisotopic (exact) mass is 443 g/mol. The lowest BCUT2D eigenvalue weighted by atomic mass is 10.2. The van der Waals surface area contributed by atoms with Crippen LogP contribution < -0.4 is 9.54 Å². The van der Waals surface area contributed by atoms with E-state index in [2.05, 4.69) is 10.1 Å². The van der Waals surface area contributed by atoms with E-state index in [4.69, 9.17) is 4.74 Å². The number of phenols is 1. The minimum Gasteiger partial charge on any atom is -0.507 e. The molecule has 1 N–H and O–H groups in total. The van der Waals surface area contributed by atoms with Crippen molar-refractivity contribution in [2.24, 2.45) is 10.1 Å². The fraction of sp³-hybridized carbons (Fsp3) is 0.0476. The van der Waals surface area contributed by atoms with Gasteiger partial charge < -0.3 is 9.84 Å². The zero-order valence-corrected chi connectivity index (χ0v) is 17.3. The number of nitrogens with zero attached hydrogens (tertiary/aromatic N) is 3. The summed E-state index contributed by atoms with van der Waals surface area (Å²) in [6.07, 6.45) is 1.47. The van der Waals surface area contributed by atoms with Crippen LogP contribution in [-0.2, 0) is 0 Å². The molecule has 2 aromatic heterocycles. The molecule has 0 saturated carbocycles. The normalized spacial score (nSPS) is 12.0. The molecule has 0 atom stereocenters. The number of halogens is 2. The summed E-state index contributed by atoms with van der Waals surface area (Å²) >= 11 is 2.79. The number of methoxy groups -OCH3 is 1. The van der Waals surface area contributed by atoms with Gasteiger partial charge in [0.1, 0.15) is 23.0 Å². The number of benzene rings is 2. The maximum absolute atomic E-state index is 14.1. The Labute approximate surface area is 178 Å². The third-order valence-electron chi connectivity index (χ3n) is 4.13. The van der Waals surface area contributed by atoms with Crippen molar-refractivity contribution in [2.45, 2.75) is 0 Å². The average Bonchev–Trinajstić information content (AvgIpc) is 3.39. The molecule has 0 aliphatic carbocycles. The Morgan fingerprint density at radius 3 is 2.70 bits per heavy atom. The Morgan fingerprint density at radius 1 is 1.10 bits per heavy atom. The number of hydrogen-bond acceptors (Lipinski definition) is 6. The van der Waals surface area contributed by atoms with Crippen LogP contribution in [0.3, 0.4) is 0 Å². The van der Waals surface area contributed by atoms with Crippen LogP contribution in [0.25, 0.3) is 10.6 Å². The average molecular weight is 444 g/mol. The Morgan fingerprint density at radius 2 is 1.97 bits per heavy atom. The highest BCUT2D eigenvalue weighted by atomic mass is 32.1. The second kappa shape index (κ2) is 8.60. The molecule has 9 heteroatoms. The number of aromatic nitrogens is 1. The zero-order chi connectivity index (χ0) is 21.1. The predicted octanol–water partition coefficient (Wildman–Crippen LogP) is 5.39. The molecule has 0 amide bonds. The summed E-state index contributed by atoms with van der Waals surface area (Å²) in [6, 6.07) is 11.9. The first-order valence-electron chi connectivity index (χ1n) is 8.70. The highest BCUT2D eigenvalue weighted by molar-refractivity contribution is 7.14. The van der Waals surface area contributed by atoms with Gasteiger partial charge in [-0.2, -0.15) is 5.10 Å². The van der Waals surface area contributed by atoms with Crippen molar-refractivity contribution in [1.29, 1.82) is 0 Å². The zero-order valence-electron chi connectivity index (χ0n) is 15.6. The van der Waals surface area contributed by atoms with Crippen LogP contribution in [-0.4, -0.2) is 23.1 Å². The number of thiazole rings is 1. The lowest BCUT2D eigenvalue weighted by Gasteiger charge is -2.04. The largest absolute Gasteiger partial charge is 0.507 e. The Bertz CT molecular complexity index is 1280. The maximum Gasteiger partial charge on any atom is 0.211 e. The van der Waals surface area contributed by atoms with E-state index in [-0.39, 0.29) is 11.4 Å². The summed E-state index contributed by atoms with van der Waals surface area (Å²) in [5.41, 5.74) is 1.21. The molecule has 4 aromatic rings. The van der Waals surface area contributed by atoms with Gasteiger partial charge in [0.2, 0.25) is 4.80 Å². The standard InChI is InChI=1S/C21H15F2N3O2S2/c1-28-15-5-7-19(27)13(9-15)11-24-26-18(20-3-2-8-29-20)12-30-21(26)25-17-6-4-14(22)10-16(17)23/h2-12,27H,1H3. The van der Waals surface area contributed by atoms with Gasteiger partial charge in [0.25, 0.3) is 0 Å². The molecule has 0 aliphatic rings. The van der Waals surface area contributed by atoms with E-state index >= 15 is 0 Å². The first-order valence-corrected chi connectivity index (χ1v) is 10.5. The van der Waals surface area contributed by atoms with Gasteiger partial charge >= 0.3 is 0 Å². The number of phenolic OH excluding ortho intramolecular Hbond substituents is 1. The topological polar surface area (TPSA) is 59.1 Å². The molecule has 0 fully saturated rings. The van der Waals surface area contributed by atoms with Crippen LogP contribution in [0.5, 0.6) is 11.5 Å². The molecule has 152 valence electrons. The van der Waals surface area contributed by atoms with Crippen molar-refractivity contribution < 1.29 is 18.6 Å². The quantitative estimate of drug-likeness (QED) is 0.421. The van der Waals surface area contributed by atoms with Crippen molar-refractivity contribution >= 4 is 34.6 Å². The summed E-state index contributed by atoms with van der Waals surface area (Å²) in [7, 11) is 1.53. The summed E-state index contributed by atoms with van der Waals surface area (Å²) in [4.78, 5) is 5.66. The number of hydrogen-bond donors (Lipinski definition) is 1. The Hall–Kier alpha value is -3.30. The molecule has 2 heterocycles. The molecule has 0 radical (unpaired) electrons.